The highest BCUT2D eigenvalue weighted by Crippen LogP contribution is 2.28. The highest BCUT2D eigenvalue weighted by Gasteiger charge is 2.26. The Morgan fingerprint density at radius 2 is 1.93 bits per heavy atom. The van der Waals surface area contributed by atoms with Gasteiger partial charge in [0.25, 0.3) is 0 Å². The molecule has 0 aliphatic carbocycles. The zero-order chi connectivity index (χ0) is 19.3. The lowest BCUT2D eigenvalue weighted by molar-refractivity contribution is -0.125. The normalized spacial score (nSPS) is 14.8. The number of rotatable bonds is 6. The Morgan fingerprint density at radius 1 is 1.18 bits per heavy atom. The van der Waals surface area contributed by atoms with Crippen molar-refractivity contribution < 1.29 is 9.53 Å². The Kier molecular flexibility index (Phi) is 5.57. The number of anilines is 1. The number of amides is 1. The van der Waals surface area contributed by atoms with Crippen LogP contribution in [0.3, 0.4) is 0 Å². The molecule has 1 fully saturated rings. The first kappa shape index (κ1) is 18.5. The monoisotopic (exact) mass is 397 g/mol. The van der Waals surface area contributed by atoms with Gasteiger partial charge in [-0.25, -0.2) is 0 Å². The first-order valence-electron chi connectivity index (χ1n) is 9.35. The number of benzene rings is 1. The molecule has 0 spiro atoms. The van der Waals surface area contributed by atoms with Crippen molar-refractivity contribution in [2.45, 2.75) is 19.4 Å². The summed E-state index contributed by atoms with van der Waals surface area (Å²) in [5.41, 5.74) is 1.04. The van der Waals surface area contributed by atoms with Crippen molar-refractivity contribution in [3.63, 3.8) is 0 Å². The molecule has 1 aromatic carbocycles. The van der Waals surface area contributed by atoms with Crippen LogP contribution in [-0.4, -0.2) is 40.9 Å². The number of ether oxygens (including phenoxy) is 1. The number of hydrogen-bond donors (Lipinski definition) is 1. The van der Waals surface area contributed by atoms with Crippen molar-refractivity contribution in [2.24, 2.45) is 5.92 Å². The highest BCUT2D eigenvalue weighted by molar-refractivity contribution is 7.17. The van der Waals surface area contributed by atoms with Gasteiger partial charge in [0.05, 0.1) is 7.11 Å². The zero-order valence-corrected chi connectivity index (χ0v) is 16.6. The number of methoxy groups -OCH3 is 1. The van der Waals surface area contributed by atoms with E-state index in [1.807, 2.05) is 53.4 Å². The number of carbonyl (C=O) groups is 1. The zero-order valence-electron chi connectivity index (χ0n) is 15.7. The fourth-order valence-electron chi connectivity index (χ4n) is 3.35. The van der Waals surface area contributed by atoms with Crippen LogP contribution in [-0.2, 0) is 11.3 Å². The van der Waals surface area contributed by atoms with E-state index in [4.69, 9.17) is 4.74 Å². The summed E-state index contributed by atoms with van der Waals surface area (Å²) in [5, 5.41) is 13.4. The second-order valence-electron chi connectivity index (χ2n) is 6.79. The third-order valence-corrected chi connectivity index (χ3v) is 5.96. The maximum Gasteiger partial charge on any atom is 0.223 e. The van der Waals surface area contributed by atoms with Crippen LogP contribution < -0.4 is 15.0 Å². The van der Waals surface area contributed by atoms with E-state index in [1.165, 1.54) is 0 Å². The molecule has 1 amide bonds. The van der Waals surface area contributed by atoms with E-state index < -0.39 is 0 Å². The van der Waals surface area contributed by atoms with Crippen LogP contribution in [0, 0.1) is 5.92 Å². The van der Waals surface area contributed by atoms with Crippen LogP contribution >= 0.6 is 11.3 Å². The SMILES string of the molecule is COc1cccc(CNC(=O)C2CCN(c3nnc(-n4cccc4)s3)CC2)c1. The number of hydrogen-bond acceptors (Lipinski definition) is 6. The Morgan fingerprint density at radius 3 is 2.68 bits per heavy atom. The van der Waals surface area contributed by atoms with Crippen molar-refractivity contribution in [3.05, 3.63) is 54.4 Å². The lowest BCUT2D eigenvalue weighted by Gasteiger charge is -2.30. The molecule has 1 aliphatic heterocycles. The Labute approximate surface area is 168 Å². The fraction of sp³-hybridized carbons (Fsp3) is 0.350. The topological polar surface area (TPSA) is 72.3 Å². The molecule has 0 atom stereocenters. The molecular formula is C20H23N5O2S. The van der Waals surface area contributed by atoms with Crippen LogP contribution in [0.5, 0.6) is 5.75 Å². The predicted molar refractivity (Wildman–Crippen MR) is 109 cm³/mol. The molecular weight excluding hydrogens is 374 g/mol. The summed E-state index contributed by atoms with van der Waals surface area (Å²) >= 11 is 1.57. The number of piperidine rings is 1. The van der Waals surface area contributed by atoms with Gasteiger partial charge in [0.15, 0.2) is 0 Å². The minimum Gasteiger partial charge on any atom is -0.497 e. The van der Waals surface area contributed by atoms with Crippen molar-refractivity contribution in [2.75, 3.05) is 25.1 Å². The van der Waals surface area contributed by atoms with Gasteiger partial charge in [-0.3, -0.25) is 9.36 Å². The molecule has 28 heavy (non-hydrogen) atoms. The van der Waals surface area contributed by atoms with Crippen molar-refractivity contribution in [1.29, 1.82) is 0 Å². The summed E-state index contributed by atoms with van der Waals surface area (Å²) in [6.07, 6.45) is 5.57. The second kappa shape index (κ2) is 8.43. The Balaban J connectivity index is 1.28. The van der Waals surface area contributed by atoms with E-state index >= 15 is 0 Å². The number of nitrogens with zero attached hydrogens (tertiary/aromatic N) is 4. The molecule has 3 aromatic rings. The Bertz CT molecular complexity index is 916. The molecule has 0 unspecified atom stereocenters. The smallest absolute Gasteiger partial charge is 0.223 e. The van der Waals surface area contributed by atoms with Crippen LogP contribution in [0.4, 0.5) is 5.13 Å². The van der Waals surface area contributed by atoms with Crippen LogP contribution in [0.25, 0.3) is 5.13 Å². The third-order valence-electron chi connectivity index (χ3n) is 4.97. The lowest BCUT2D eigenvalue weighted by atomic mass is 9.96. The molecule has 1 saturated heterocycles. The van der Waals surface area contributed by atoms with Gasteiger partial charge in [-0.15, -0.1) is 10.2 Å². The molecule has 4 rings (SSSR count). The molecule has 2 aromatic heterocycles. The van der Waals surface area contributed by atoms with E-state index in [0.29, 0.717) is 6.54 Å². The van der Waals surface area contributed by atoms with Crippen molar-refractivity contribution >= 4 is 22.4 Å². The molecule has 7 nitrogen and oxygen atoms in total. The largest absolute Gasteiger partial charge is 0.497 e. The van der Waals surface area contributed by atoms with Gasteiger partial charge in [0.2, 0.25) is 16.2 Å². The quantitative estimate of drug-likeness (QED) is 0.692. The molecule has 8 heteroatoms. The molecule has 0 bridgehead atoms. The summed E-state index contributed by atoms with van der Waals surface area (Å²) in [6.45, 7) is 2.15. The summed E-state index contributed by atoms with van der Waals surface area (Å²) in [7, 11) is 1.64. The average Bonchev–Trinajstić information content (AvgIpc) is 3.44. The van der Waals surface area contributed by atoms with Gasteiger partial charge in [0.1, 0.15) is 5.75 Å². The van der Waals surface area contributed by atoms with Gasteiger partial charge >= 0.3 is 0 Å². The first-order chi connectivity index (χ1) is 13.7. The van der Waals surface area contributed by atoms with E-state index in [2.05, 4.69) is 20.4 Å². The molecule has 3 heterocycles. The third kappa shape index (κ3) is 4.17. The summed E-state index contributed by atoms with van der Waals surface area (Å²) in [5.74, 6) is 0.961. The molecule has 0 saturated carbocycles. The van der Waals surface area contributed by atoms with Crippen LogP contribution in [0.15, 0.2) is 48.8 Å². The van der Waals surface area contributed by atoms with E-state index in [-0.39, 0.29) is 11.8 Å². The first-order valence-corrected chi connectivity index (χ1v) is 10.2. The minimum absolute atomic E-state index is 0.0405. The lowest BCUT2D eigenvalue weighted by Crippen LogP contribution is -2.40. The highest BCUT2D eigenvalue weighted by atomic mass is 32.1. The molecule has 1 aliphatic rings. The maximum absolute atomic E-state index is 12.5. The minimum atomic E-state index is 0.0405. The fourth-order valence-corrected chi connectivity index (χ4v) is 4.22. The summed E-state index contributed by atoms with van der Waals surface area (Å²) in [6, 6.07) is 11.7. The second-order valence-corrected chi connectivity index (χ2v) is 7.72. The molecule has 0 radical (unpaired) electrons. The van der Waals surface area contributed by atoms with Gasteiger partial charge in [-0.2, -0.15) is 0 Å². The van der Waals surface area contributed by atoms with Crippen LogP contribution in [0.2, 0.25) is 0 Å². The molecule has 1 N–H and O–H groups in total. The Hall–Kier alpha value is -2.87. The number of aromatic nitrogens is 3. The van der Waals surface area contributed by atoms with E-state index in [0.717, 1.165) is 47.5 Å². The summed E-state index contributed by atoms with van der Waals surface area (Å²) < 4.78 is 7.19. The average molecular weight is 398 g/mol. The van der Waals surface area contributed by atoms with Crippen LogP contribution in [0.1, 0.15) is 18.4 Å². The predicted octanol–water partition coefficient (Wildman–Crippen LogP) is 2.87. The van der Waals surface area contributed by atoms with Gasteiger partial charge < -0.3 is 15.0 Å². The number of carbonyl (C=O) groups excluding carboxylic acids is 1. The van der Waals surface area contributed by atoms with E-state index in [1.54, 1.807) is 18.4 Å². The maximum atomic E-state index is 12.5. The van der Waals surface area contributed by atoms with Gasteiger partial charge in [-0.1, -0.05) is 23.5 Å². The van der Waals surface area contributed by atoms with Crippen molar-refractivity contribution in [3.8, 4) is 10.9 Å². The van der Waals surface area contributed by atoms with E-state index in [9.17, 15) is 4.79 Å². The van der Waals surface area contributed by atoms with Crippen molar-refractivity contribution in [1.82, 2.24) is 20.1 Å². The van der Waals surface area contributed by atoms with Gasteiger partial charge in [0, 0.05) is 37.9 Å². The van der Waals surface area contributed by atoms with Gasteiger partial charge in [-0.05, 0) is 42.7 Å². The number of nitrogens with one attached hydrogen (secondary N) is 1. The molecule has 146 valence electrons. The summed E-state index contributed by atoms with van der Waals surface area (Å²) in [4.78, 5) is 14.8. The standard InChI is InChI=1S/C20H23N5O2S/c1-27-17-6-4-5-15(13-17)14-21-18(26)16-7-11-25(12-8-16)20-23-22-19(28-20)24-9-2-3-10-24/h2-6,9-10,13,16H,7-8,11-12,14H2,1H3,(H,21,26).